The minimum Gasteiger partial charge on any atom is -0.494 e. The summed E-state index contributed by atoms with van der Waals surface area (Å²) in [6, 6.07) is 7.22. The summed E-state index contributed by atoms with van der Waals surface area (Å²) in [5.41, 5.74) is 0.812. The molecule has 0 spiro atoms. The highest BCUT2D eigenvalue weighted by Gasteiger charge is 2.07. The van der Waals surface area contributed by atoms with Crippen LogP contribution in [0.3, 0.4) is 0 Å². The van der Waals surface area contributed by atoms with E-state index in [9.17, 15) is 9.59 Å². The van der Waals surface area contributed by atoms with Gasteiger partial charge in [-0.25, -0.2) is 0 Å². The minimum absolute atomic E-state index is 0.0788. The molecule has 0 saturated heterocycles. The first-order valence-corrected chi connectivity index (χ1v) is 8.62. The van der Waals surface area contributed by atoms with Crippen molar-refractivity contribution in [2.75, 3.05) is 13.2 Å². The molecule has 0 atom stereocenters. The van der Waals surface area contributed by atoms with E-state index in [-0.39, 0.29) is 17.3 Å². The van der Waals surface area contributed by atoms with E-state index in [1.165, 1.54) is 4.57 Å². The molecule has 1 aromatic heterocycles. The Balaban J connectivity index is 1.59. The minimum atomic E-state index is -0.146. The summed E-state index contributed by atoms with van der Waals surface area (Å²) in [6.07, 6.45) is 1.65. The van der Waals surface area contributed by atoms with Crippen LogP contribution >= 0.6 is 22.9 Å². The van der Waals surface area contributed by atoms with Crippen molar-refractivity contribution in [3.8, 4) is 5.75 Å². The number of carbonyl (C=O) groups is 1. The van der Waals surface area contributed by atoms with Crippen LogP contribution in [0.15, 0.2) is 34.4 Å². The van der Waals surface area contributed by atoms with E-state index in [1.54, 1.807) is 17.5 Å². The summed E-state index contributed by atoms with van der Waals surface area (Å²) in [5, 5.41) is 5.25. The first-order valence-electron chi connectivity index (χ1n) is 7.36. The molecule has 2 aromatic rings. The molecule has 7 heteroatoms. The first-order chi connectivity index (χ1) is 11.1. The van der Waals surface area contributed by atoms with Crippen LogP contribution in [0.25, 0.3) is 0 Å². The van der Waals surface area contributed by atoms with Gasteiger partial charge >= 0.3 is 4.87 Å². The topological polar surface area (TPSA) is 60.3 Å². The number of benzene rings is 1. The number of hydrogen-bond acceptors (Lipinski definition) is 4. The molecule has 0 bridgehead atoms. The van der Waals surface area contributed by atoms with E-state index in [0.717, 1.165) is 35.6 Å². The smallest absolute Gasteiger partial charge is 0.307 e. The summed E-state index contributed by atoms with van der Waals surface area (Å²) in [7, 11) is 0. The number of halogens is 1. The normalized spacial score (nSPS) is 10.5. The lowest BCUT2D eigenvalue weighted by Gasteiger charge is -2.08. The first kappa shape index (κ1) is 17.6. The molecule has 1 N–H and O–H groups in total. The monoisotopic (exact) mass is 354 g/mol. The van der Waals surface area contributed by atoms with Gasteiger partial charge in [-0.15, -0.1) is 0 Å². The van der Waals surface area contributed by atoms with Crippen LogP contribution < -0.4 is 14.9 Å². The summed E-state index contributed by atoms with van der Waals surface area (Å²) >= 11 is 6.91. The van der Waals surface area contributed by atoms with Crippen LogP contribution in [-0.4, -0.2) is 23.6 Å². The molecule has 0 unspecified atom stereocenters. The highest BCUT2D eigenvalue weighted by molar-refractivity contribution is 7.07. The Kier molecular flexibility index (Phi) is 6.67. The maximum absolute atomic E-state index is 11.8. The zero-order valence-corrected chi connectivity index (χ0v) is 14.5. The maximum atomic E-state index is 11.8. The lowest BCUT2D eigenvalue weighted by molar-refractivity contribution is -0.121. The van der Waals surface area contributed by atoms with Crippen molar-refractivity contribution in [3.05, 3.63) is 50.0 Å². The fraction of sp³-hybridized carbons (Fsp3) is 0.375. The van der Waals surface area contributed by atoms with Crippen molar-refractivity contribution < 1.29 is 9.53 Å². The van der Waals surface area contributed by atoms with Gasteiger partial charge in [-0.3, -0.25) is 14.2 Å². The number of unbranched alkanes of at least 4 members (excludes halogenated alkanes) is 1. The fourth-order valence-electron chi connectivity index (χ4n) is 1.97. The Labute approximate surface area is 143 Å². The van der Waals surface area contributed by atoms with Crippen LogP contribution in [0.2, 0.25) is 5.02 Å². The number of hydrogen-bond donors (Lipinski definition) is 1. The number of amides is 1. The Morgan fingerprint density at radius 3 is 2.70 bits per heavy atom. The zero-order valence-electron chi connectivity index (χ0n) is 12.9. The average Bonchev–Trinajstić information content (AvgIpc) is 2.84. The van der Waals surface area contributed by atoms with Gasteiger partial charge in [-0.1, -0.05) is 22.9 Å². The SMILES string of the molecule is Cc1csc(=O)n1CC(=O)NCCCCOc1ccc(Cl)cc1. The van der Waals surface area contributed by atoms with E-state index in [0.29, 0.717) is 18.2 Å². The standard InChI is InChI=1S/C16H19ClN2O3S/c1-12-11-23-16(21)19(12)10-15(20)18-8-2-3-9-22-14-6-4-13(17)5-7-14/h4-7,11H,2-3,8-10H2,1H3,(H,18,20). The molecule has 0 aliphatic rings. The molecule has 0 aliphatic carbocycles. The number of carbonyl (C=O) groups excluding carboxylic acids is 1. The van der Waals surface area contributed by atoms with E-state index in [2.05, 4.69) is 5.32 Å². The molecular weight excluding hydrogens is 336 g/mol. The predicted octanol–water partition coefficient (Wildman–Crippen LogP) is 2.85. The van der Waals surface area contributed by atoms with Crippen molar-refractivity contribution in [3.63, 3.8) is 0 Å². The molecule has 1 aromatic carbocycles. The van der Waals surface area contributed by atoms with Crippen molar-refractivity contribution in [2.45, 2.75) is 26.3 Å². The highest BCUT2D eigenvalue weighted by Crippen LogP contribution is 2.15. The fourth-order valence-corrected chi connectivity index (χ4v) is 2.83. The molecule has 1 heterocycles. The Morgan fingerprint density at radius 2 is 2.04 bits per heavy atom. The van der Waals surface area contributed by atoms with Crippen LogP contribution in [0.4, 0.5) is 0 Å². The average molecular weight is 355 g/mol. The van der Waals surface area contributed by atoms with E-state index in [4.69, 9.17) is 16.3 Å². The quantitative estimate of drug-likeness (QED) is 0.741. The van der Waals surface area contributed by atoms with Gasteiger partial charge in [-0.05, 0) is 44.0 Å². The second-order valence-corrected chi connectivity index (χ2v) is 6.35. The van der Waals surface area contributed by atoms with Gasteiger partial charge in [0.15, 0.2) is 0 Å². The molecular formula is C16H19ClN2O3S. The van der Waals surface area contributed by atoms with Crippen LogP contribution in [0.5, 0.6) is 5.75 Å². The van der Waals surface area contributed by atoms with Crippen LogP contribution in [-0.2, 0) is 11.3 Å². The molecule has 0 fully saturated rings. The van der Waals surface area contributed by atoms with Crippen molar-refractivity contribution >= 4 is 28.8 Å². The van der Waals surface area contributed by atoms with Gasteiger partial charge in [0.2, 0.25) is 5.91 Å². The number of nitrogens with one attached hydrogen (secondary N) is 1. The number of aromatic nitrogens is 1. The van der Waals surface area contributed by atoms with E-state index >= 15 is 0 Å². The van der Waals surface area contributed by atoms with Gasteiger partial charge in [0, 0.05) is 22.6 Å². The van der Waals surface area contributed by atoms with Gasteiger partial charge in [0.1, 0.15) is 12.3 Å². The predicted molar refractivity (Wildman–Crippen MR) is 92.5 cm³/mol. The zero-order chi connectivity index (χ0) is 16.7. The highest BCUT2D eigenvalue weighted by atomic mass is 35.5. The van der Waals surface area contributed by atoms with Crippen molar-refractivity contribution in [1.29, 1.82) is 0 Å². The Hall–Kier alpha value is -1.79. The van der Waals surface area contributed by atoms with Crippen LogP contribution in [0.1, 0.15) is 18.5 Å². The summed E-state index contributed by atoms with van der Waals surface area (Å²) < 4.78 is 7.05. The summed E-state index contributed by atoms with van der Waals surface area (Å²) in [5.74, 6) is 0.637. The molecule has 0 aliphatic heterocycles. The van der Waals surface area contributed by atoms with Gasteiger partial charge < -0.3 is 10.1 Å². The van der Waals surface area contributed by atoms with Gasteiger partial charge in [0.05, 0.1) is 6.61 Å². The molecule has 0 saturated carbocycles. The van der Waals surface area contributed by atoms with Gasteiger partial charge in [0.25, 0.3) is 0 Å². The Morgan fingerprint density at radius 1 is 1.30 bits per heavy atom. The summed E-state index contributed by atoms with van der Waals surface area (Å²) in [4.78, 5) is 23.2. The molecule has 5 nitrogen and oxygen atoms in total. The number of aryl methyl sites for hydroxylation is 1. The maximum Gasteiger partial charge on any atom is 0.307 e. The van der Waals surface area contributed by atoms with E-state index in [1.807, 2.05) is 19.1 Å². The molecule has 1 amide bonds. The largest absolute Gasteiger partial charge is 0.494 e. The number of ether oxygens (including phenoxy) is 1. The second kappa shape index (κ2) is 8.74. The lowest BCUT2D eigenvalue weighted by Crippen LogP contribution is -2.31. The summed E-state index contributed by atoms with van der Waals surface area (Å²) in [6.45, 7) is 3.05. The number of nitrogens with zero attached hydrogens (tertiary/aromatic N) is 1. The van der Waals surface area contributed by atoms with E-state index < -0.39 is 0 Å². The lowest BCUT2D eigenvalue weighted by atomic mass is 10.3. The number of thiazole rings is 1. The van der Waals surface area contributed by atoms with Crippen LogP contribution in [0, 0.1) is 6.92 Å². The van der Waals surface area contributed by atoms with Crippen molar-refractivity contribution in [1.82, 2.24) is 9.88 Å². The van der Waals surface area contributed by atoms with Gasteiger partial charge in [-0.2, -0.15) is 0 Å². The molecule has 124 valence electrons. The Bertz CT molecular complexity index is 694. The third-order valence-electron chi connectivity index (χ3n) is 3.25. The third-order valence-corrected chi connectivity index (χ3v) is 4.39. The third kappa shape index (κ3) is 5.73. The molecule has 23 heavy (non-hydrogen) atoms. The molecule has 0 radical (unpaired) electrons. The van der Waals surface area contributed by atoms with Crippen molar-refractivity contribution in [2.24, 2.45) is 0 Å². The number of rotatable bonds is 8. The second-order valence-electron chi connectivity index (χ2n) is 5.09. The molecule has 2 rings (SSSR count).